The number of aryl methyl sites for hydroxylation is 2. The minimum Gasteiger partial charge on any atom is -0.0656 e. The summed E-state index contributed by atoms with van der Waals surface area (Å²) in [5.41, 5.74) is 2.90. The van der Waals surface area contributed by atoms with E-state index in [4.69, 9.17) is 0 Å². The van der Waals surface area contributed by atoms with Crippen molar-refractivity contribution in [3.05, 3.63) is 29.3 Å². The van der Waals surface area contributed by atoms with Crippen LogP contribution in [0.25, 0.3) is 0 Å². The lowest BCUT2D eigenvalue weighted by atomic mass is 10.2. The molecule has 1 aromatic rings. The third kappa shape index (κ3) is 3.71. The molecule has 0 amide bonds. The summed E-state index contributed by atoms with van der Waals surface area (Å²) in [7, 11) is -1.23. The van der Waals surface area contributed by atoms with Gasteiger partial charge in [0.25, 0.3) is 0 Å². The SMILES string of the molecule is CCC[Si](CCC)(CCC)c1cc(C)cc(C)c1. The van der Waals surface area contributed by atoms with Crippen LogP contribution in [0.3, 0.4) is 0 Å². The normalized spacial score (nSPS) is 11.8. The van der Waals surface area contributed by atoms with Gasteiger partial charge in [0.05, 0.1) is 8.07 Å². The molecular formula is C17H30Si. The summed E-state index contributed by atoms with van der Waals surface area (Å²) in [5, 5.41) is 1.73. The summed E-state index contributed by atoms with van der Waals surface area (Å²) >= 11 is 0. The molecule has 1 aromatic carbocycles. The predicted octanol–water partition coefficient (Wildman–Crippen LogP) is 5.19. The highest BCUT2D eigenvalue weighted by Crippen LogP contribution is 2.26. The van der Waals surface area contributed by atoms with Crippen LogP contribution in [0.5, 0.6) is 0 Å². The van der Waals surface area contributed by atoms with Crippen LogP contribution in [-0.4, -0.2) is 8.07 Å². The molecule has 0 fully saturated rings. The number of hydrogen-bond acceptors (Lipinski definition) is 0. The van der Waals surface area contributed by atoms with Gasteiger partial charge in [-0.3, -0.25) is 0 Å². The average molecular weight is 263 g/mol. The van der Waals surface area contributed by atoms with Crippen LogP contribution in [0.15, 0.2) is 18.2 Å². The van der Waals surface area contributed by atoms with Crippen molar-refractivity contribution in [2.75, 3.05) is 0 Å². The van der Waals surface area contributed by atoms with Crippen molar-refractivity contribution in [3.8, 4) is 0 Å². The van der Waals surface area contributed by atoms with Crippen molar-refractivity contribution in [2.45, 2.75) is 72.0 Å². The second-order valence-electron chi connectivity index (χ2n) is 5.91. The Labute approximate surface area is 115 Å². The first-order valence-electron chi connectivity index (χ1n) is 7.66. The molecule has 1 heteroatoms. The molecule has 0 saturated carbocycles. The standard InChI is InChI=1S/C17H30Si/c1-6-9-18(10-7-2,11-8-3)17-13-15(4)12-16(5)14-17/h12-14H,6-11H2,1-5H3. The fourth-order valence-corrected chi connectivity index (χ4v) is 9.08. The van der Waals surface area contributed by atoms with E-state index in [1.807, 2.05) is 0 Å². The largest absolute Gasteiger partial charge is 0.0867 e. The molecule has 0 aliphatic rings. The van der Waals surface area contributed by atoms with Crippen LogP contribution in [0.4, 0.5) is 0 Å². The lowest BCUT2D eigenvalue weighted by Gasteiger charge is -2.32. The zero-order valence-electron chi connectivity index (χ0n) is 13.0. The van der Waals surface area contributed by atoms with Gasteiger partial charge >= 0.3 is 0 Å². The molecule has 0 N–H and O–H groups in total. The maximum Gasteiger partial charge on any atom is 0.0867 e. The zero-order chi connectivity index (χ0) is 13.6. The van der Waals surface area contributed by atoms with Gasteiger partial charge < -0.3 is 0 Å². The summed E-state index contributed by atoms with van der Waals surface area (Å²) in [6.45, 7) is 11.6. The topological polar surface area (TPSA) is 0 Å². The molecule has 0 radical (unpaired) electrons. The highest BCUT2D eigenvalue weighted by Gasteiger charge is 2.32. The molecule has 0 spiro atoms. The number of hydrogen-bond donors (Lipinski definition) is 0. The van der Waals surface area contributed by atoms with E-state index < -0.39 is 8.07 Å². The highest BCUT2D eigenvalue weighted by atomic mass is 28.3. The Balaban J connectivity index is 3.20. The fraction of sp³-hybridized carbons (Fsp3) is 0.647. The molecule has 0 aromatic heterocycles. The maximum atomic E-state index is 2.49. The third-order valence-corrected chi connectivity index (χ3v) is 9.90. The lowest BCUT2D eigenvalue weighted by molar-refractivity contribution is 0.937. The van der Waals surface area contributed by atoms with Gasteiger partial charge in [0.15, 0.2) is 0 Å². The Kier molecular flexibility index (Phi) is 6.14. The molecule has 0 saturated heterocycles. The van der Waals surface area contributed by atoms with Crippen molar-refractivity contribution in [3.63, 3.8) is 0 Å². The highest BCUT2D eigenvalue weighted by molar-refractivity contribution is 6.91. The molecular weight excluding hydrogens is 232 g/mol. The smallest absolute Gasteiger partial charge is 0.0656 e. The molecule has 18 heavy (non-hydrogen) atoms. The quantitative estimate of drug-likeness (QED) is 0.593. The van der Waals surface area contributed by atoms with E-state index in [1.54, 1.807) is 5.19 Å². The summed E-state index contributed by atoms with van der Waals surface area (Å²) in [5.74, 6) is 0. The van der Waals surface area contributed by atoms with E-state index in [1.165, 1.54) is 48.5 Å². The fourth-order valence-electron chi connectivity index (χ4n) is 3.52. The minimum atomic E-state index is -1.23. The first-order valence-corrected chi connectivity index (χ1v) is 10.3. The van der Waals surface area contributed by atoms with Crippen molar-refractivity contribution in [2.24, 2.45) is 0 Å². The molecule has 102 valence electrons. The Morgan fingerprint density at radius 1 is 0.722 bits per heavy atom. The lowest BCUT2D eigenvalue weighted by Crippen LogP contribution is -2.47. The zero-order valence-corrected chi connectivity index (χ0v) is 14.0. The van der Waals surface area contributed by atoms with Gasteiger partial charge in [0.2, 0.25) is 0 Å². The Bertz CT molecular complexity index is 331. The number of rotatable bonds is 7. The molecule has 0 aliphatic heterocycles. The minimum absolute atomic E-state index is 1.23. The molecule has 0 unspecified atom stereocenters. The average Bonchev–Trinajstić information content (AvgIpc) is 2.28. The van der Waals surface area contributed by atoms with Crippen LogP contribution < -0.4 is 5.19 Å². The number of benzene rings is 1. The Morgan fingerprint density at radius 2 is 1.11 bits per heavy atom. The van der Waals surface area contributed by atoms with Gasteiger partial charge in [0, 0.05) is 0 Å². The van der Waals surface area contributed by atoms with Crippen molar-refractivity contribution in [1.29, 1.82) is 0 Å². The Hall–Kier alpha value is -0.563. The first kappa shape index (κ1) is 15.5. The van der Waals surface area contributed by atoms with Crippen LogP contribution in [0.1, 0.15) is 51.2 Å². The van der Waals surface area contributed by atoms with Crippen LogP contribution >= 0.6 is 0 Å². The summed E-state index contributed by atoms with van der Waals surface area (Å²) in [6.07, 6.45) is 4.04. The van der Waals surface area contributed by atoms with Gasteiger partial charge in [-0.15, -0.1) is 0 Å². The van der Waals surface area contributed by atoms with E-state index >= 15 is 0 Å². The van der Waals surface area contributed by atoms with Crippen molar-refractivity contribution >= 4 is 13.3 Å². The molecule has 0 aliphatic carbocycles. The third-order valence-electron chi connectivity index (χ3n) is 4.02. The van der Waals surface area contributed by atoms with E-state index in [2.05, 4.69) is 52.8 Å². The van der Waals surface area contributed by atoms with E-state index in [-0.39, 0.29) is 0 Å². The second-order valence-corrected chi connectivity index (χ2v) is 10.5. The van der Waals surface area contributed by atoms with Crippen LogP contribution in [0, 0.1) is 13.8 Å². The van der Waals surface area contributed by atoms with Crippen molar-refractivity contribution in [1.82, 2.24) is 0 Å². The van der Waals surface area contributed by atoms with Gasteiger partial charge in [-0.05, 0) is 13.8 Å². The molecule has 0 bridgehead atoms. The second kappa shape index (κ2) is 7.13. The Morgan fingerprint density at radius 3 is 1.44 bits per heavy atom. The summed E-state index contributed by atoms with van der Waals surface area (Å²) in [4.78, 5) is 0. The molecule has 0 atom stereocenters. The molecule has 1 rings (SSSR count). The van der Waals surface area contributed by atoms with Crippen molar-refractivity contribution < 1.29 is 0 Å². The summed E-state index contributed by atoms with van der Waals surface area (Å²) < 4.78 is 0. The van der Waals surface area contributed by atoms with E-state index in [0.29, 0.717) is 0 Å². The van der Waals surface area contributed by atoms with Gasteiger partial charge in [-0.25, -0.2) is 0 Å². The maximum absolute atomic E-state index is 2.49. The van der Waals surface area contributed by atoms with E-state index in [9.17, 15) is 0 Å². The van der Waals surface area contributed by atoms with Gasteiger partial charge in [0.1, 0.15) is 0 Å². The molecule has 0 nitrogen and oxygen atoms in total. The van der Waals surface area contributed by atoms with Gasteiger partial charge in [-0.1, -0.05) is 92.7 Å². The molecule has 0 heterocycles. The first-order chi connectivity index (χ1) is 8.57. The predicted molar refractivity (Wildman–Crippen MR) is 86.6 cm³/mol. The van der Waals surface area contributed by atoms with E-state index in [0.717, 1.165) is 0 Å². The summed E-state index contributed by atoms with van der Waals surface area (Å²) in [6, 6.07) is 11.7. The van der Waals surface area contributed by atoms with Crippen LogP contribution in [0.2, 0.25) is 18.1 Å². The van der Waals surface area contributed by atoms with Crippen LogP contribution in [-0.2, 0) is 0 Å². The monoisotopic (exact) mass is 262 g/mol. The van der Waals surface area contributed by atoms with Gasteiger partial charge in [-0.2, -0.15) is 0 Å².